The van der Waals surface area contributed by atoms with Crippen molar-refractivity contribution in [3.63, 3.8) is 0 Å². The van der Waals surface area contributed by atoms with E-state index in [9.17, 15) is 4.79 Å². The fraction of sp³-hybridized carbons (Fsp3) is 0.562. The summed E-state index contributed by atoms with van der Waals surface area (Å²) in [7, 11) is 0. The number of nitrogens with zero attached hydrogens (tertiary/aromatic N) is 1. The summed E-state index contributed by atoms with van der Waals surface area (Å²) in [6, 6.07) is 7.89. The van der Waals surface area contributed by atoms with E-state index in [-0.39, 0.29) is 11.9 Å². The highest BCUT2D eigenvalue weighted by Gasteiger charge is 2.39. The summed E-state index contributed by atoms with van der Waals surface area (Å²) in [6.45, 7) is 5.15. The molecule has 1 aliphatic rings. The second-order valence-corrected chi connectivity index (χ2v) is 6.20. The third-order valence-electron chi connectivity index (χ3n) is 4.53. The average molecular weight is 295 g/mol. The number of rotatable bonds is 4. The maximum absolute atomic E-state index is 12.8. The van der Waals surface area contributed by atoms with Gasteiger partial charge in [-0.25, -0.2) is 0 Å². The molecule has 1 aromatic rings. The van der Waals surface area contributed by atoms with Crippen molar-refractivity contribution in [2.24, 2.45) is 11.1 Å². The van der Waals surface area contributed by atoms with Crippen LogP contribution in [0.15, 0.2) is 24.3 Å². The van der Waals surface area contributed by atoms with Crippen LogP contribution in [0.3, 0.4) is 0 Å². The van der Waals surface area contributed by atoms with Crippen LogP contribution < -0.4 is 5.73 Å². The number of carbonyl (C=O) groups is 1. The number of hydrogen-bond acceptors (Lipinski definition) is 2. The predicted octanol–water partition coefficient (Wildman–Crippen LogP) is 3.38. The Bertz CT molecular complexity index is 485. The average Bonchev–Trinajstić information content (AvgIpc) is 2.95. The van der Waals surface area contributed by atoms with Crippen LogP contribution in [-0.4, -0.2) is 23.9 Å². The largest absolute Gasteiger partial charge is 0.335 e. The van der Waals surface area contributed by atoms with Crippen LogP contribution in [-0.2, 0) is 4.79 Å². The van der Waals surface area contributed by atoms with E-state index in [2.05, 4.69) is 0 Å². The third kappa shape index (κ3) is 2.70. The normalized spacial score (nSPS) is 21.8. The van der Waals surface area contributed by atoms with Crippen LogP contribution >= 0.6 is 11.6 Å². The molecule has 1 fully saturated rings. The molecule has 2 atom stereocenters. The molecule has 1 heterocycles. The lowest BCUT2D eigenvalue weighted by Gasteiger charge is -2.34. The van der Waals surface area contributed by atoms with E-state index in [0.29, 0.717) is 6.54 Å². The van der Waals surface area contributed by atoms with E-state index < -0.39 is 5.41 Å². The topological polar surface area (TPSA) is 46.3 Å². The lowest BCUT2D eigenvalue weighted by Crippen LogP contribution is -2.45. The van der Waals surface area contributed by atoms with Gasteiger partial charge in [0, 0.05) is 18.1 Å². The summed E-state index contributed by atoms with van der Waals surface area (Å²) in [4.78, 5) is 14.8. The highest BCUT2D eigenvalue weighted by Crippen LogP contribution is 2.38. The molecule has 2 N–H and O–H groups in total. The first-order valence-electron chi connectivity index (χ1n) is 7.29. The van der Waals surface area contributed by atoms with Crippen LogP contribution in [0.25, 0.3) is 0 Å². The van der Waals surface area contributed by atoms with Crippen molar-refractivity contribution in [2.45, 2.75) is 39.2 Å². The van der Waals surface area contributed by atoms with Gasteiger partial charge < -0.3 is 10.6 Å². The number of nitrogens with two attached hydrogens (primary N) is 1. The van der Waals surface area contributed by atoms with Gasteiger partial charge in [0.2, 0.25) is 5.91 Å². The SMILES string of the molecule is CCC(C)(CN)C(=O)N1CCCC1c1ccccc1Cl. The van der Waals surface area contributed by atoms with Crippen LogP contribution in [0.1, 0.15) is 44.7 Å². The van der Waals surface area contributed by atoms with Gasteiger partial charge in [0.05, 0.1) is 11.5 Å². The Morgan fingerprint density at radius 2 is 2.20 bits per heavy atom. The fourth-order valence-corrected chi connectivity index (χ4v) is 3.07. The standard InChI is InChI=1S/C16H23ClN2O/c1-3-16(2,11-18)15(20)19-10-6-9-14(19)12-7-4-5-8-13(12)17/h4-5,7-8,14H,3,6,9-11,18H2,1-2H3. The Balaban J connectivity index is 2.28. The monoisotopic (exact) mass is 294 g/mol. The summed E-state index contributed by atoms with van der Waals surface area (Å²) < 4.78 is 0. The van der Waals surface area contributed by atoms with Gasteiger partial charge in [-0.1, -0.05) is 36.7 Å². The van der Waals surface area contributed by atoms with Gasteiger partial charge >= 0.3 is 0 Å². The van der Waals surface area contributed by atoms with Crippen molar-refractivity contribution in [1.82, 2.24) is 4.90 Å². The van der Waals surface area contributed by atoms with E-state index in [1.54, 1.807) is 0 Å². The molecule has 2 rings (SSSR count). The van der Waals surface area contributed by atoms with Gasteiger partial charge in [0.25, 0.3) is 0 Å². The van der Waals surface area contributed by atoms with Gasteiger partial charge in [-0.2, -0.15) is 0 Å². The van der Waals surface area contributed by atoms with E-state index in [1.807, 2.05) is 43.0 Å². The van der Waals surface area contributed by atoms with E-state index >= 15 is 0 Å². The zero-order valence-electron chi connectivity index (χ0n) is 12.2. The number of hydrogen-bond donors (Lipinski definition) is 1. The van der Waals surface area contributed by atoms with Gasteiger partial charge in [-0.15, -0.1) is 0 Å². The Morgan fingerprint density at radius 1 is 1.50 bits per heavy atom. The number of benzene rings is 1. The predicted molar refractivity (Wildman–Crippen MR) is 82.6 cm³/mol. The maximum atomic E-state index is 12.8. The van der Waals surface area contributed by atoms with Crippen LogP contribution in [0.2, 0.25) is 5.02 Å². The summed E-state index contributed by atoms with van der Waals surface area (Å²) in [6.07, 6.45) is 2.75. The van der Waals surface area contributed by atoms with Gasteiger partial charge in [0.15, 0.2) is 0 Å². The lowest BCUT2D eigenvalue weighted by atomic mass is 9.85. The molecule has 0 radical (unpaired) electrons. The Kier molecular flexibility index (Phi) is 4.71. The second-order valence-electron chi connectivity index (χ2n) is 5.80. The summed E-state index contributed by atoms with van der Waals surface area (Å²) in [5.41, 5.74) is 6.41. The van der Waals surface area contributed by atoms with Crippen molar-refractivity contribution in [1.29, 1.82) is 0 Å². The Morgan fingerprint density at radius 3 is 2.80 bits per heavy atom. The van der Waals surface area contributed by atoms with Gasteiger partial charge in [-0.05, 0) is 37.8 Å². The maximum Gasteiger partial charge on any atom is 0.230 e. The molecule has 0 aromatic heterocycles. The highest BCUT2D eigenvalue weighted by atomic mass is 35.5. The molecular formula is C16H23ClN2O. The number of amides is 1. The molecule has 1 aliphatic heterocycles. The fourth-order valence-electron chi connectivity index (χ4n) is 2.81. The third-order valence-corrected chi connectivity index (χ3v) is 4.87. The van der Waals surface area contributed by atoms with E-state index in [0.717, 1.165) is 36.4 Å². The minimum Gasteiger partial charge on any atom is -0.335 e. The molecule has 0 spiro atoms. The van der Waals surface area contributed by atoms with Gasteiger partial charge in [0.1, 0.15) is 0 Å². The number of carbonyl (C=O) groups excluding carboxylic acids is 1. The van der Waals surface area contributed by atoms with Gasteiger partial charge in [-0.3, -0.25) is 4.79 Å². The molecule has 0 saturated carbocycles. The summed E-state index contributed by atoms with van der Waals surface area (Å²) in [5.74, 6) is 0.157. The molecule has 3 nitrogen and oxygen atoms in total. The van der Waals surface area contributed by atoms with Crippen molar-refractivity contribution in [2.75, 3.05) is 13.1 Å². The van der Waals surface area contributed by atoms with Crippen LogP contribution in [0.4, 0.5) is 0 Å². The summed E-state index contributed by atoms with van der Waals surface area (Å²) >= 11 is 6.29. The number of halogens is 1. The Hall–Kier alpha value is -1.06. The van der Waals surface area contributed by atoms with E-state index in [4.69, 9.17) is 17.3 Å². The minimum absolute atomic E-state index is 0.0913. The quantitative estimate of drug-likeness (QED) is 0.925. The molecule has 1 amide bonds. The van der Waals surface area contributed by atoms with Crippen LogP contribution in [0.5, 0.6) is 0 Å². The van der Waals surface area contributed by atoms with Crippen molar-refractivity contribution >= 4 is 17.5 Å². The molecule has 4 heteroatoms. The smallest absolute Gasteiger partial charge is 0.230 e. The van der Waals surface area contributed by atoms with Crippen molar-refractivity contribution in [3.8, 4) is 0 Å². The molecule has 0 bridgehead atoms. The van der Waals surface area contributed by atoms with E-state index in [1.165, 1.54) is 0 Å². The zero-order valence-corrected chi connectivity index (χ0v) is 13.0. The molecule has 110 valence electrons. The van der Waals surface area contributed by atoms with Crippen LogP contribution in [0, 0.1) is 5.41 Å². The first-order chi connectivity index (χ1) is 9.53. The summed E-state index contributed by atoms with van der Waals surface area (Å²) in [5, 5.41) is 0.739. The van der Waals surface area contributed by atoms with Crippen molar-refractivity contribution in [3.05, 3.63) is 34.9 Å². The number of likely N-dealkylation sites (tertiary alicyclic amines) is 1. The molecular weight excluding hydrogens is 272 g/mol. The first kappa shape index (κ1) is 15.3. The lowest BCUT2D eigenvalue weighted by molar-refractivity contribution is -0.142. The second kappa shape index (κ2) is 6.15. The Labute approximate surface area is 126 Å². The van der Waals surface area contributed by atoms with Crippen molar-refractivity contribution < 1.29 is 4.79 Å². The minimum atomic E-state index is -0.468. The molecule has 2 unspecified atom stereocenters. The molecule has 20 heavy (non-hydrogen) atoms. The highest BCUT2D eigenvalue weighted by molar-refractivity contribution is 6.31. The molecule has 1 aromatic carbocycles. The zero-order chi connectivity index (χ0) is 14.8. The first-order valence-corrected chi connectivity index (χ1v) is 7.67. The molecule has 1 saturated heterocycles. The molecule has 0 aliphatic carbocycles.